The smallest absolute Gasteiger partial charge is 0.243 e. The van der Waals surface area contributed by atoms with Gasteiger partial charge in [0.05, 0.1) is 13.2 Å². The lowest BCUT2D eigenvalue weighted by Gasteiger charge is -2.39. The van der Waals surface area contributed by atoms with Crippen LogP contribution in [0.15, 0.2) is 4.99 Å². The molecule has 0 aromatic heterocycles. The van der Waals surface area contributed by atoms with E-state index in [1.165, 1.54) is 0 Å². The van der Waals surface area contributed by atoms with E-state index in [2.05, 4.69) is 20.1 Å². The van der Waals surface area contributed by atoms with Crippen molar-refractivity contribution >= 4 is 17.8 Å². The Balaban J connectivity index is 1.57. The van der Waals surface area contributed by atoms with Crippen molar-refractivity contribution in [2.45, 2.75) is 18.9 Å². The van der Waals surface area contributed by atoms with Crippen LogP contribution in [0.5, 0.6) is 0 Å². The highest BCUT2D eigenvalue weighted by Crippen LogP contribution is 2.22. The van der Waals surface area contributed by atoms with Gasteiger partial charge in [0.25, 0.3) is 0 Å². The summed E-state index contributed by atoms with van der Waals surface area (Å²) in [7, 11) is 3.48. The molecule has 0 radical (unpaired) electrons. The van der Waals surface area contributed by atoms with Gasteiger partial charge in [0.1, 0.15) is 6.54 Å². The van der Waals surface area contributed by atoms with E-state index in [1.54, 1.807) is 19.0 Å². The summed E-state index contributed by atoms with van der Waals surface area (Å²) in [6.45, 7) is 7.59. The Morgan fingerprint density at radius 3 is 2.78 bits per heavy atom. The Kier molecular flexibility index (Phi) is 6.89. The van der Waals surface area contributed by atoms with E-state index in [4.69, 9.17) is 4.74 Å². The Labute approximate surface area is 161 Å². The van der Waals surface area contributed by atoms with Gasteiger partial charge in [-0.05, 0) is 6.42 Å². The van der Waals surface area contributed by atoms with Crippen molar-refractivity contribution in [3.8, 4) is 0 Å². The predicted molar refractivity (Wildman–Crippen MR) is 103 cm³/mol. The first-order valence-electron chi connectivity index (χ1n) is 9.87. The van der Waals surface area contributed by atoms with Crippen LogP contribution in [0.2, 0.25) is 0 Å². The number of carbonyl (C=O) groups is 2. The Morgan fingerprint density at radius 1 is 1.26 bits per heavy atom. The maximum atomic E-state index is 12.0. The summed E-state index contributed by atoms with van der Waals surface area (Å²) in [5, 5.41) is 3.44. The Bertz CT molecular complexity index is 561. The van der Waals surface area contributed by atoms with Gasteiger partial charge >= 0.3 is 0 Å². The topological polar surface area (TPSA) is 80.7 Å². The zero-order valence-electron chi connectivity index (χ0n) is 16.5. The van der Waals surface area contributed by atoms with E-state index < -0.39 is 0 Å². The maximum absolute atomic E-state index is 12.0. The zero-order chi connectivity index (χ0) is 19.2. The van der Waals surface area contributed by atoms with Gasteiger partial charge in [-0.3, -0.25) is 14.5 Å². The van der Waals surface area contributed by atoms with Crippen molar-refractivity contribution < 1.29 is 14.3 Å². The molecule has 3 saturated heterocycles. The van der Waals surface area contributed by atoms with Crippen LogP contribution in [0.3, 0.4) is 0 Å². The molecule has 3 fully saturated rings. The van der Waals surface area contributed by atoms with Gasteiger partial charge in [-0.1, -0.05) is 0 Å². The van der Waals surface area contributed by atoms with Crippen LogP contribution in [-0.4, -0.2) is 123 Å². The van der Waals surface area contributed by atoms with Crippen molar-refractivity contribution in [3.63, 3.8) is 0 Å². The van der Waals surface area contributed by atoms with E-state index in [1.807, 2.05) is 4.90 Å². The monoisotopic (exact) mass is 380 g/mol. The van der Waals surface area contributed by atoms with Gasteiger partial charge in [-0.15, -0.1) is 0 Å². The second kappa shape index (κ2) is 9.36. The summed E-state index contributed by atoms with van der Waals surface area (Å²) in [5.41, 5.74) is 0. The minimum Gasteiger partial charge on any atom is -0.379 e. The van der Waals surface area contributed by atoms with Gasteiger partial charge in [0, 0.05) is 72.4 Å². The summed E-state index contributed by atoms with van der Waals surface area (Å²) >= 11 is 0. The van der Waals surface area contributed by atoms with Gasteiger partial charge in [-0.2, -0.15) is 0 Å². The summed E-state index contributed by atoms with van der Waals surface area (Å²) < 4.78 is 5.39. The molecule has 1 unspecified atom stereocenters. The molecule has 3 rings (SSSR count). The fourth-order valence-corrected chi connectivity index (χ4v) is 3.76. The first-order chi connectivity index (χ1) is 13.0. The number of piperazine rings is 1. The highest BCUT2D eigenvalue weighted by atomic mass is 16.5. The number of amides is 2. The van der Waals surface area contributed by atoms with Gasteiger partial charge in [-0.25, -0.2) is 4.99 Å². The molecule has 1 atom stereocenters. The number of carbonyl (C=O) groups excluding carboxylic acids is 2. The standard InChI is InChI=1S/C18H32N6O3/c1-21(2)17(26)13-20-18(19-5-6-22-9-11-27-12-10-22)23-7-8-24-15(14-23)3-4-16(24)25/h15H,3-14H2,1-2H3,(H,19,20). The number of ether oxygens (including phenoxy) is 1. The number of morpholine rings is 1. The molecule has 0 aliphatic carbocycles. The summed E-state index contributed by atoms with van der Waals surface area (Å²) in [6.07, 6.45) is 1.56. The van der Waals surface area contributed by atoms with Crippen molar-refractivity contribution in [1.82, 2.24) is 24.9 Å². The lowest BCUT2D eigenvalue weighted by molar-refractivity contribution is -0.130. The molecule has 3 aliphatic rings. The van der Waals surface area contributed by atoms with E-state index in [9.17, 15) is 9.59 Å². The van der Waals surface area contributed by atoms with E-state index >= 15 is 0 Å². The lowest BCUT2D eigenvalue weighted by Crippen LogP contribution is -2.56. The molecule has 3 aliphatic heterocycles. The number of nitrogens with zero attached hydrogens (tertiary/aromatic N) is 5. The molecule has 9 heteroatoms. The number of guanidine groups is 1. The first kappa shape index (κ1) is 19.9. The summed E-state index contributed by atoms with van der Waals surface area (Å²) in [5.74, 6) is 1.02. The highest BCUT2D eigenvalue weighted by molar-refractivity contribution is 5.85. The molecule has 3 heterocycles. The number of fused-ring (bicyclic) bond motifs is 1. The second-order valence-electron chi connectivity index (χ2n) is 7.53. The molecular formula is C18H32N6O3. The minimum absolute atomic E-state index is 0.0165. The molecule has 0 saturated carbocycles. The van der Waals surface area contributed by atoms with Crippen molar-refractivity contribution in [1.29, 1.82) is 0 Å². The van der Waals surface area contributed by atoms with E-state index in [-0.39, 0.29) is 24.4 Å². The zero-order valence-corrected chi connectivity index (χ0v) is 16.5. The normalized spacial score (nSPS) is 24.1. The van der Waals surface area contributed by atoms with Gasteiger partial charge in [0.2, 0.25) is 11.8 Å². The SMILES string of the molecule is CN(C)C(=O)CN=C(NCCN1CCOCC1)N1CCN2C(=O)CCC2C1. The Morgan fingerprint density at radius 2 is 2.04 bits per heavy atom. The third-order valence-electron chi connectivity index (χ3n) is 5.47. The fraction of sp³-hybridized carbons (Fsp3) is 0.833. The fourth-order valence-electron chi connectivity index (χ4n) is 3.76. The molecule has 27 heavy (non-hydrogen) atoms. The Hall–Kier alpha value is -1.87. The molecule has 0 spiro atoms. The number of hydrogen-bond donors (Lipinski definition) is 1. The average Bonchev–Trinajstić information content (AvgIpc) is 3.05. The second-order valence-corrected chi connectivity index (χ2v) is 7.53. The van der Waals surface area contributed by atoms with Crippen LogP contribution in [0.1, 0.15) is 12.8 Å². The molecule has 0 aromatic carbocycles. The van der Waals surface area contributed by atoms with Crippen LogP contribution >= 0.6 is 0 Å². The number of likely N-dealkylation sites (N-methyl/N-ethyl adjacent to an activating group) is 1. The molecule has 2 amide bonds. The van der Waals surface area contributed by atoms with Crippen LogP contribution in [-0.2, 0) is 14.3 Å². The molecule has 1 N–H and O–H groups in total. The number of hydrogen-bond acceptors (Lipinski definition) is 5. The predicted octanol–water partition coefficient (Wildman–Crippen LogP) is -1.34. The van der Waals surface area contributed by atoms with Gasteiger partial charge < -0.3 is 24.8 Å². The molecule has 152 valence electrons. The van der Waals surface area contributed by atoms with Crippen LogP contribution in [0.25, 0.3) is 0 Å². The van der Waals surface area contributed by atoms with Crippen LogP contribution in [0, 0.1) is 0 Å². The minimum atomic E-state index is -0.0165. The van der Waals surface area contributed by atoms with Crippen LogP contribution < -0.4 is 5.32 Å². The first-order valence-corrected chi connectivity index (χ1v) is 9.87. The maximum Gasteiger partial charge on any atom is 0.243 e. The lowest BCUT2D eigenvalue weighted by atomic mass is 10.1. The highest BCUT2D eigenvalue weighted by Gasteiger charge is 2.36. The average molecular weight is 380 g/mol. The molecular weight excluding hydrogens is 348 g/mol. The number of aliphatic imine (C=N–C) groups is 1. The quantitative estimate of drug-likeness (QED) is 0.470. The third kappa shape index (κ3) is 5.32. The van der Waals surface area contributed by atoms with E-state index in [0.717, 1.165) is 71.4 Å². The number of rotatable bonds is 5. The van der Waals surface area contributed by atoms with Crippen LogP contribution in [0.4, 0.5) is 0 Å². The van der Waals surface area contributed by atoms with Gasteiger partial charge in [0.15, 0.2) is 5.96 Å². The largest absolute Gasteiger partial charge is 0.379 e. The van der Waals surface area contributed by atoms with E-state index in [0.29, 0.717) is 6.42 Å². The van der Waals surface area contributed by atoms with Crippen molar-refractivity contribution in [3.05, 3.63) is 0 Å². The van der Waals surface area contributed by atoms with Crippen molar-refractivity contribution in [2.75, 3.05) is 79.7 Å². The summed E-state index contributed by atoms with van der Waals surface area (Å²) in [6, 6.07) is 0.266. The number of nitrogens with one attached hydrogen (secondary N) is 1. The van der Waals surface area contributed by atoms with Crippen molar-refractivity contribution in [2.24, 2.45) is 4.99 Å². The summed E-state index contributed by atoms with van der Waals surface area (Å²) in [4.78, 5) is 36.6. The molecule has 0 bridgehead atoms. The molecule has 0 aromatic rings. The third-order valence-corrected chi connectivity index (χ3v) is 5.47. The molecule has 9 nitrogen and oxygen atoms in total.